The Morgan fingerprint density at radius 3 is 2.30 bits per heavy atom. The minimum atomic E-state index is -0.792. The molecule has 0 aromatic heterocycles. The van der Waals surface area contributed by atoms with E-state index in [1.165, 1.54) is 0 Å². The van der Waals surface area contributed by atoms with Crippen molar-refractivity contribution in [1.82, 2.24) is 10.2 Å². The molecule has 0 saturated carbocycles. The summed E-state index contributed by atoms with van der Waals surface area (Å²) in [4.78, 5) is 37.3. The number of piperidine rings is 1. The van der Waals surface area contributed by atoms with E-state index in [9.17, 15) is 14.4 Å². The maximum Gasteiger partial charge on any atom is 0.306 e. The van der Waals surface area contributed by atoms with Crippen molar-refractivity contribution in [2.24, 2.45) is 5.92 Å². The molecule has 0 spiro atoms. The number of rotatable bonds is 8. The van der Waals surface area contributed by atoms with Crippen LogP contribution in [-0.2, 0) is 16.1 Å². The number of para-hydroxylation sites is 1. The average Bonchev–Trinajstić information content (AvgIpc) is 2.78. The Kier molecular flexibility index (Phi) is 7.43. The van der Waals surface area contributed by atoms with Gasteiger partial charge in [0.2, 0.25) is 5.91 Å². The van der Waals surface area contributed by atoms with Crippen LogP contribution in [0.3, 0.4) is 0 Å². The molecule has 0 bridgehead atoms. The Bertz CT molecular complexity index is 859. The zero-order valence-corrected chi connectivity index (χ0v) is 16.8. The minimum Gasteiger partial charge on any atom is -0.493 e. The van der Waals surface area contributed by atoms with Crippen LogP contribution < -0.4 is 10.1 Å². The van der Waals surface area contributed by atoms with Crippen molar-refractivity contribution >= 4 is 17.8 Å². The van der Waals surface area contributed by atoms with Crippen LogP contribution in [0.1, 0.15) is 35.2 Å². The van der Waals surface area contributed by atoms with Gasteiger partial charge in [0.25, 0.3) is 5.91 Å². The second kappa shape index (κ2) is 10.4. The summed E-state index contributed by atoms with van der Waals surface area (Å²) in [5.74, 6) is -0.615. The Morgan fingerprint density at radius 2 is 1.67 bits per heavy atom. The molecule has 7 nitrogen and oxygen atoms in total. The van der Waals surface area contributed by atoms with E-state index < -0.39 is 5.97 Å². The number of carboxylic acid groups (broad SMARTS) is 1. The second-order valence-electron chi connectivity index (χ2n) is 7.29. The SMILES string of the molecule is O=C(CCOc1ccccc1)NCc1ccc(C(=O)N2CCC(C(=O)O)CC2)cc1. The van der Waals surface area contributed by atoms with Gasteiger partial charge < -0.3 is 20.1 Å². The second-order valence-corrected chi connectivity index (χ2v) is 7.29. The molecule has 1 heterocycles. The number of benzene rings is 2. The zero-order chi connectivity index (χ0) is 21.3. The number of likely N-dealkylation sites (tertiary alicyclic amines) is 1. The average molecular weight is 410 g/mol. The summed E-state index contributed by atoms with van der Waals surface area (Å²) < 4.78 is 5.51. The van der Waals surface area contributed by atoms with Crippen LogP contribution >= 0.6 is 0 Å². The molecule has 1 aliphatic heterocycles. The fraction of sp³-hybridized carbons (Fsp3) is 0.348. The van der Waals surface area contributed by atoms with Gasteiger partial charge in [-0.3, -0.25) is 14.4 Å². The highest BCUT2D eigenvalue weighted by molar-refractivity contribution is 5.94. The van der Waals surface area contributed by atoms with Gasteiger partial charge in [0.05, 0.1) is 18.9 Å². The third-order valence-corrected chi connectivity index (χ3v) is 5.16. The molecule has 2 amide bonds. The number of aliphatic carboxylic acids is 1. The number of hydrogen-bond donors (Lipinski definition) is 2. The zero-order valence-electron chi connectivity index (χ0n) is 16.8. The van der Waals surface area contributed by atoms with Gasteiger partial charge in [0.15, 0.2) is 0 Å². The first-order valence-corrected chi connectivity index (χ1v) is 10.1. The minimum absolute atomic E-state index is 0.0903. The molecule has 1 saturated heterocycles. The Morgan fingerprint density at radius 1 is 1.00 bits per heavy atom. The van der Waals surface area contributed by atoms with Crippen molar-refractivity contribution in [3.05, 3.63) is 65.7 Å². The summed E-state index contributed by atoms with van der Waals surface area (Å²) in [7, 11) is 0. The molecule has 2 N–H and O–H groups in total. The number of amides is 2. The van der Waals surface area contributed by atoms with Gasteiger partial charge in [-0.05, 0) is 42.7 Å². The van der Waals surface area contributed by atoms with Crippen molar-refractivity contribution in [2.45, 2.75) is 25.8 Å². The molecule has 0 radical (unpaired) electrons. The molecule has 158 valence electrons. The molecule has 0 aliphatic carbocycles. The van der Waals surface area contributed by atoms with E-state index in [4.69, 9.17) is 9.84 Å². The molecular formula is C23H26N2O5. The molecule has 0 unspecified atom stereocenters. The lowest BCUT2D eigenvalue weighted by Crippen LogP contribution is -2.40. The highest BCUT2D eigenvalue weighted by Gasteiger charge is 2.27. The van der Waals surface area contributed by atoms with Crippen LogP contribution in [0.25, 0.3) is 0 Å². The van der Waals surface area contributed by atoms with E-state index >= 15 is 0 Å². The summed E-state index contributed by atoms with van der Waals surface area (Å²) in [6.45, 7) is 1.60. The van der Waals surface area contributed by atoms with Crippen LogP contribution in [0.15, 0.2) is 54.6 Å². The number of ether oxygens (including phenoxy) is 1. The number of carboxylic acids is 1. The van der Waals surface area contributed by atoms with Crippen LogP contribution in [0.4, 0.5) is 0 Å². The number of hydrogen-bond acceptors (Lipinski definition) is 4. The van der Waals surface area contributed by atoms with E-state index in [1.54, 1.807) is 17.0 Å². The Labute approximate surface area is 175 Å². The summed E-state index contributed by atoms with van der Waals surface area (Å²) in [6.07, 6.45) is 1.23. The van der Waals surface area contributed by atoms with E-state index in [0.29, 0.717) is 44.6 Å². The van der Waals surface area contributed by atoms with Crippen molar-refractivity contribution in [3.63, 3.8) is 0 Å². The van der Waals surface area contributed by atoms with Gasteiger partial charge in [-0.1, -0.05) is 30.3 Å². The first-order chi connectivity index (χ1) is 14.5. The Balaban J connectivity index is 1.40. The maximum absolute atomic E-state index is 12.6. The fourth-order valence-electron chi connectivity index (χ4n) is 3.34. The monoisotopic (exact) mass is 410 g/mol. The van der Waals surface area contributed by atoms with E-state index in [0.717, 1.165) is 11.3 Å². The molecule has 30 heavy (non-hydrogen) atoms. The number of carbonyl (C=O) groups is 3. The fourth-order valence-corrected chi connectivity index (χ4v) is 3.34. The van der Waals surface area contributed by atoms with Gasteiger partial charge in [-0.25, -0.2) is 0 Å². The van der Waals surface area contributed by atoms with Crippen molar-refractivity contribution < 1.29 is 24.2 Å². The predicted octanol–water partition coefficient (Wildman–Crippen LogP) is 2.71. The molecule has 1 aliphatic rings. The summed E-state index contributed by atoms with van der Waals surface area (Å²) >= 11 is 0. The largest absolute Gasteiger partial charge is 0.493 e. The molecule has 0 atom stereocenters. The molecule has 7 heteroatoms. The molecule has 2 aromatic carbocycles. The first kappa shape index (κ1) is 21.4. The first-order valence-electron chi connectivity index (χ1n) is 10.1. The lowest BCUT2D eigenvalue weighted by molar-refractivity contribution is -0.143. The third-order valence-electron chi connectivity index (χ3n) is 5.16. The van der Waals surface area contributed by atoms with Gasteiger partial charge in [-0.15, -0.1) is 0 Å². The van der Waals surface area contributed by atoms with Gasteiger partial charge >= 0.3 is 5.97 Å². The number of nitrogens with zero attached hydrogens (tertiary/aromatic N) is 1. The van der Waals surface area contributed by atoms with Crippen LogP contribution in [0.5, 0.6) is 5.75 Å². The summed E-state index contributed by atoms with van der Waals surface area (Å²) in [5.41, 5.74) is 1.46. The summed E-state index contributed by atoms with van der Waals surface area (Å²) in [6, 6.07) is 16.5. The number of carbonyl (C=O) groups excluding carboxylic acids is 2. The highest BCUT2D eigenvalue weighted by Crippen LogP contribution is 2.19. The molecule has 1 fully saturated rings. The quantitative estimate of drug-likeness (QED) is 0.698. The van der Waals surface area contributed by atoms with Gasteiger partial charge in [-0.2, -0.15) is 0 Å². The van der Waals surface area contributed by atoms with Crippen molar-refractivity contribution in [2.75, 3.05) is 19.7 Å². The predicted molar refractivity (Wildman–Crippen MR) is 111 cm³/mol. The standard InChI is InChI=1S/C23H26N2O5/c26-21(12-15-30-20-4-2-1-3-5-20)24-16-17-6-8-18(9-7-17)22(27)25-13-10-19(11-14-25)23(28)29/h1-9,19H,10-16H2,(H,24,26)(H,28,29). The number of nitrogens with one attached hydrogen (secondary N) is 1. The third kappa shape index (κ3) is 6.07. The Hall–Kier alpha value is -3.35. The van der Waals surface area contributed by atoms with E-state index in [-0.39, 0.29) is 24.2 Å². The van der Waals surface area contributed by atoms with Crippen molar-refractivity contribution in [3.8, 4) is 5.75 Å². The molecular weight excluding hydrogens is 384 g/mol. The summed E-state index contributed by atoms with van der Waals surface area (Å²) in [5, 5.41) is 11.9. The lowest BCUT2D eigenvalue weighted by atomic mass is 9.96. The highest BCUT2D eigenvalue weighted by atomic mass is 16.5. The van der Waals surface area contributed by atoms with Crippen molar-refractivity contribution in [1.29, 1.82) is 0 Å². The van der Waals surface area contributed by atoms with Gasteiger partial charge in [0, 0.05) is 25.2 Å². The van der Waals surface area contributed by atoms with Crippen LogP contribution in [-0.4, -0.2) is 47.5 Å². The lowest BCUT2D eigenvalue weighted by Gasteiger charge is -2.30. The van der Waals surface area contributed by atoms with E-state index in [2.05, 4.69) is 5.32 Å². The van der Waals surface area contributed by atoms with Crippen LogP contribution in [0, 0.1) is 5.92 Å². The van der Waals surface area contributed by atoms with Gasteiger partial charge in [0.1, 0.15) is 5.75 Å². The maximum atomic E-state index is 12.6. The topological polar surface area (TPSA) is 95.9 Å². The van der Waals surface area contributed by atoms with E-state index in [1.807, 2.05) is 42.5 Å². The van der Waals surface area contributed by atoms with Crippen LogP contribution in [0.2, 0.25) is 0 Å². The normalized spacial score (nSPS) is 14.2. The smallest absolute Gasteiger partial charge is 0.306 e. The molecule has 3 rings (SSSR count). The molecule has 2 aromatic rings.